The molecule has 1 aliphatic heterocycles. The van der Waals surface area contributed by atoms with E-state index < -0.39 is 0 Å². The van der Waals surface area contributed by atoms with Crippen LogP contribution in [0, 0.1) is 13.8 Å². The topological polar surface area (TPSA) is 65.8 Å². The van der Waals surface area contributed by atoms with Gasteiger partial charge < -0.3 is 19.1 Å². The molecule has 1 fully saturated rings. The lowest BCUT2D eigenvalue weighted by molar-refractivity contribution is -0.164. The zero-order valence-corrected chi connectivity index (χ0v) is 14.6. The van der Waals surface area contributed by atoms with Crippen molar-refractivity contribution in [1.82, 2.24) is 14.7 Å². The second-order valence-corrected chi connectivity index (χ2v) is 5.98. The fraction of sp³-hybridized carbons (Fsp3) is 0.750. The summed E-state index contributed by atoms with van der Waals surface area (Å²) in [6, 6.07) is 1.86. The highest BCUT2D eigenvalue weighted by atomic mass is 16.6. The maximum absolute atomic E-state index is 12.5. The van der Waals surface area contributed by atoms with E-state index in [2.05, 4.69) is 5.10 Å². The van der Waals surface area contributed by atoms with Gasteiger partial charge in [0.2, 0.25) is 5.91 Å². The third kappa shape index (κ3) is 4.10. The van der Waals surface area contributed by atoms with E-state index in [-0.39, 0.29) is 24.2 Å². The zero-order valence-electron chi connectivity index (χ0n) is 14.6. The number of methoxy groups -OCH3 is 2. The Labute approximate surface area is 137 Å². The Morgan fingerprint density at radius 1 is 1.39 bits per heavy atom. The first kappa shape index (κ1) is 17.9. The van der Waals surface area contributed by atoms with Gasteiger partial charge in [-0.15, -0.1) is 0 Å². The molecular weight excluding hydrogens is 298 g/mol. The predicted molar refractivity (Wildman–Crippen MR) is 85.3 cm³/mol. The molecule has 0 aromatic carbocycles. The normalized spacial score (nSPS) is 24.7. The van der Waals surface area contributed by atoms with Crippen LogP contribution in [0.25, 0.3) is 0 Å². The van der Waals surface area contributed by atoms with Crippen molar-refractivity contribution in [1.29, 1.82) is 0 Å². The first-order valence-corrected chi connectivity index (χ1v) is 7.88. The minimum absolute atomic E-state index is 0.0463. The number of hydrogen-bond acceptors (Lipinski definition) is 5. The van der Waals surface area contributed by atoms with Gasteiger partial charge in [0.25, 0.3) is 0 Å². The largest absolute Gasteiger partial charge is 0.376 e. The van der Waals surface area contributed by atoms with Crippen LogP contribution < -0.4 is 0 Å². The van der Waals surface area contributed by atoms with E-state index in [4.69, 9.17) is 14.2 Å². The molecule has 3 atom stereocenters. The molecule has 0 unspecified atom stereocenters. The number of carbonyl (C=O) groups excluding carboxylic acids is 1. The number of aryl methyl sites for hydroxylation is 3. The van der Waals surface area contributed by atoms with E-state index in [0.717, 1.165) is 11.4 Å². The average molecular weight is 325 g/mol. The van der Waals surface area contributed by atoms with Gasteiger partial charge in [-0.2, -0.15) is 5.10 Å². The number of rotatable bonds is 6. The van der Waals surface area contributed by atoms with Crippen LogP contribution in [-0.4, -0.2) is 73.3 Å². The minimum atomic E-state index is -0.184. The predicted octanol–water partition coefficient (Wildman–Crippen LogP) is 0.777. The van der Waals surface area contributed by atoms with Crippen LogP contribution in [0.15, 0.2) is 6.07 Å². The van der Waals surface area contributed by atoms with Crippen LogP contribution >= 0.6 is 0 Å². The minimum Gasteiger partial charge on any atom is -0.376 e. The molecule has 1 aromatic heterocycles. The Balaban J connectivity index is 1.96. The van der Waals surface area contributed by atoms with Crippen molar-refractivity contribution < 1.29 is 19.0 Å². The van der Waals surface area contributed by atoms with E-state index in [1.165, 1.54) is 0 Å². The molecule has 0 spiro atoms. The van der Waals surface area contributed by atoms with E-state index in [9.17, 15) is 4.79 Å². The molecule has 7 nitrogen and oxygen atoms in total. The molecule has 0 bridgehead atoms. The van der Waals surface area contributed by atoms with E-state index in [1.807, 2.05) is 24.6 Å². The maximum atomic E-state index is 12.5. The van der Waals surface area contributed by atoms with Gasteiger partial charge in [-0.1, -0.05) is 0 Å². The summed E-state index contributed by atoms with van der Waals surface area (Å²) in [5, 5.41) is 4.39. The molecule has 2 rings (SSSR count). The molecule has 1 saturated heterocycles. The smallest absolute Gasteiger partial charge is 0.224 e. The second-order valence-electron chi connectivity index (χ2n) is 5.98. The molecule has 2 heterocycles. The Morgan fingerprint density at radius 2 is 2.13 bits per heavy atom. The van der Waals surface area contributed by atoms with Crippen molar-refractivity contribution in [3.05, 3.63) is 17.5 Å². The monoisotopic (exact) mass is 325 g/mol. The Morgan fingerprint density at radius 3 is 2.70 bits per heavy atom. The summed E-state index contributed by atoms with van der Waals surface area (Å²) in [4.78, 5) is 14.2. The molecule has 1 amide bonds. The summed E-state index contributed by atoms with van der Waals surface area (Å²) in [7, 11) is 5.07. The number of aromatic nitrogens is 2. The highest BCUT2D eigenvalue weighted by Gasteiger charge is 2.38. The van der Waals surface area contributed by atoms with E-state index >= 15 is 0 Å². The van der Waals surface area contributed by atoms with Crippen molar-refractivity contribution in [3.8, 4) is 0 Å². The number of ether oxygens (including phenoxy) is 3. The number of hydrogen-bond donors (Lipinski definition) is 0. The van der Waals surface area contributed by atoms with Crippen LogP contribution in [0.1, 0.15) is 17.8 Å². The van der Waals surface area contributed by atoms with Gasteiger partial charge >= 0.3 is 0 Å². The van der Waals surface area contributed by atoms with Crippen molar-refractivity contribution in [2.45, 2.75) is 45.1 Å². The SMILES string of the molecule is CO[C@H]1[C@H](N(C)C(=O)CCn2nc(C)cc2C)COC[C@H]1OC. The highest BCUT2D eigenvalue weighted by molar-refractivity contribution is 5.76. The molecule has 7 heteroatoms. The van der Waals surface area contributed by atoms with Gasteiger partial charge in [0.15, 0.2) is 0 Å². The summed E-state index contributed by atoms with van der Waals surface area (Å²) >= 11 is 0. The lowest BCUT2D eigenvalue weighted by atomic mass is 10.0. The fourth-order valence-electron chi connectivity index (χ4n) is 3.05. The summed E-state index contributed by atoms with van der Waals surface area (Å²) < 4.78 is 18.4. The molecular formula is C16H27N3O4. The Hall–Kier alpha value is -1.44. The fourth-order valence-corrected chi connectivity index (χ4v) is 3.05. The lowest BCUT2D eigenvalue weighted by Crippen LogP contribution is -2.57. The zero-order chi connectivity index (χ0) is 17.0. The Kier molecular flexibility index (Phi) is 6.15. The highest BCUT2D eigenvalue weighted by Crippen LogP contribution is 2.19. The first-order valence-electron chi connectivity index (χ1n) is 7.88. The van der Waals surface area contributed by atoms with Crippen LogP contribution in [0.5, 0.6) is 0 Å². The van der Waals surface area contributed by atoms with Crippen LogP contribution in [0.2, 0.25) is 0 Å². The summed E-state index contributed by atoms with van der Waals surface area (Å²) in [6.45, 7) is 5.46. The van der Waals surface area contributed by atoms with Gasteiger partial charge in [-0.3, -0.25) is 9.48 Å². The molecule has 0 N–H and O–H groups in total. The van der Waals surface area contributed by atoms with Crippen LogP contribution in [0.4, 0.5) is 0 Å². The Bertz CT molecular complexity index is 531. The van der Waals surface area contributed by atoms with Crippen LogP contribution in [-0.2, 0) is 25.5 Å². The standard InChI is InChI=1S/C16H27N3O4/c1-11-8-12(2)19(17-11)7-6-15(20)18(3)13-9-23-10-14(21-4)16(13)22-5/h8,13-14,16H,6-7,9-10H2,1-5H3/t13-,14-,16+/m1/s1. The maximum Gasteiger partial charge on any atom is 0.224 e. The van der Waals surface area contributed by atoms with Crippen molar-refractivity contribution in [3.63, 3.8) is 0 Å². The molecule has 1 aromatic rings. The quantitative estimate of drug-likeness (QED) is 0.773. The number of nitrogens with zero attached hydrogens (tertiary/aromatic N) is 3. The molecule has 0 radical (unpaired) electrons. The molecule has 1 aliphatic rings. The van der Waals surface area contributed by atoms with Gasteiger partial charge in [-0.25, -0.2) is 0 Å². The van der Waals surface area contributed by atoms with E-state index in [1.54, 1.807) is 26.2 Å². The third-order valence-electron chi connectivity index (χ3n) is 4.42. The molecule has 0 saturated carbocycles. The number of carbonyl (C=O) groups is 1. The van der Waals surface area contributed by atoms with Gasteiger partial charge in [0.05, 0.1) is 24.9 Å². The summed E-state index contributed by atoms with van der Waals surface area (Å²) in [6.07, 6.45) is 0.0460. The summed E-state index contributed by atoms with van der Waals surface area (Å²) in [5.41, 5.74) is 2.03. The summed E-state index contributed by atoms with van der Waals surface area (Å²) in [5.74, 6) is 0.0463. The average Bonchev–Trinajstić information content (AvgIpc) is 2.88. The van der Waals surface area contributed by atoms with Crippen molar-refractivity contribution in [2.75, 3.05) is 34.5 Å². The second kappa shape index (κ2) is 7.90. The van der Waals surface area contributed by atoms with Gasteiger partial charge in [-0.05, 0) is 19.9 Å². The lowest BCUT2D eigenvalue weighted by Gasteiger charge is -2.40. The van der Waals surface area contributed by atoms with E-state index in [0.29, 0.717) is 26.2 Å². The number of amides is 1. The molecule has 23 heavy (non-hydrogen) atoms. The van der Waals surface area contributed by atoms with Crippen molar-refractivity contribution >= 4 is 5.91 Å². The third-order valence-corrected chi connectivity index (χ3v) is 4.42. The molecule has 0 aliphatic carbocycles. The number of likely N-dealkylation sites (N-methyl/N-ethyl adjacent to an activating group) is 1. The van der Waals surface area contributed by atoms with Gasteiger partial charge in [0.1, 0.15) is 12.2 Å². The first-order chi connectivity index (χ1) is 11.0. The van der Waals surface area contributed by atoms with Crippen LogP contribution in [0.3, 0.4) is 0 Å². The van der Waals surface area contributed by atoms with Crippen molar-refractivity contribution in [2.24, 2.45) is 0 Å². The molecule has 130 valence electrons. The van der Waals surface area contributed by atoms with Gasteiger partial charge in [0, 0.05) is 39.9 Å².